The Kier molecular flexibility index (Phi) is 3.47. The van der Waals surface area contributed by atoms with Crippen LogP contribution in [0.15, 0.2) is 23.0 Å². The number of hydrogen-bond donors (Lipinski definition) is 2. The molecule has 6 heteroatoms. The Bertz CT molecular complexity index is 627. The number of aromatic amines is 1. The van der Waals surface area contributed by atoms with Crippen LogP contribution in [-0.4, -0.2) is 34.3 Å². The smallest absolute Gasteiger partial charge is 0.337 e. The van der Waals surface area contributed by atoms with E-state index in [9.17, 15) is 9.59 Å². The Morgan fingerprint density at radius 1 is 1.50 bits per heavy atom. The summed E-state index contributed by atoms with van der Waals surface area (Å²) in [4.78, 5) is 25.6. The van der Waals surface area contributed by atoms with Gasteiger partial charge < -0.3 is 14.8 Å². The first kappa shape index (κ1) is 12.4. The number of carbonyl (C=O) groups is 1. The van der Waals surface area contributed by atoms with Gasteiger partial charge in [0.1, 0.15) is 0 Å². The molecule has 2 rings (SSSR count). The van der Waals surface area contributed by atoms with Crippen LogP contribution in [0.2, 0.25) is 0 Å². The van der Waals surface area contributed by atoms with Crippen LogP contribution in [0, 0.1) is 0 Å². The van der Waals surface area contributed by atoms with Gasteiger partial charge in [-0.1, -0.05) is 6.07 Å². The van der Waals surface area contributed by atoms with Crippen molar-refractivity contribution in [2.45, 2.75) is 13.0 Å². The van der Waals surface area contributed by atoms with E-state index in [1.807, 2.05) is 0 Å². The number of carboxylic acids is 1. The Balaban J connectivity index is 2.53. The number of carboxylic acid groups (broad SMARTS) is 1. The van der Waals surface area contributed by atoms with Gasteiger partial charge in [0.05, 0.1) is 16.6 Å². The zero-order valence-electron chi connectivity index (χ0n) is 9.97. The molecule has 0 amide bonds. The van der Waals surface area contributed by atoms with Gasteiger partial charge in [0, 0.05) is 20.3 Å². The number of para-hydroxylation sites is 1. The summed E-state index contributed by atoms with van der Waals surface area (Å²) in [7, 11) is 1.58. The molecule has 2 N–H and O–H groups in total. The summed E-state index contributed by atoms with van der Waals surface area (Å²) in [5, 5.41) is 9.13. The molecule has 6 nitrogen and oxygen atoms in total. The largest absolute Gasteiger partial charge is 0.478 e. The van der Waals surface area contributed by atoms with E-state index in [2.05, 4.69) is 4.98 Å². The van der Waals surface area contributed by atoms with Gasteiger partial charge in [-0.05, 0) is 18.6 Å². The molecular formula is C12H14N2O4. The number of aryl methyl sites for hydroxylation is 1. The molecule has 0 saturated carbocycles. The number of benzene rings is 1. The van der Waals surface area contributed by atoms with E-state index in [1.54, 1.807) is 19.2 Å². The highest BCUT2D eigenvalue weighted by atomic mass is 16.5. The van der Waals surface area contributed by atoms with E-state index in [1.165, 1.54) is 10.6 Å². The SMILES string of the molecule is COCCCn1c(=O)[nH]c2cccc(C(=O)O)c21. The number of fused-ring (bicyclic) bond motifs is 1. The predicted molar refractivity (Wildman–Crippen MR) is 66.0 cm³/mol. The fourth-order valence-corrected chi connectivity index (χ4v) is 1.97. The first-order chi connectivity index (χ1) is 8.65. The van der Waals surface area contributed by atoms with Crippen LogP contribution in [0.1, 0.15) is 16.8 Å². The number of hydrogen-bond acceptors (Lipinski definition) is 3. The molecule has 0 bridgehead atoms. The van der Waals surface area contributed by atoms with E-state index in [0.717, 1.165) is 0 Å². The third kappa shape index (κ3) is 2.14. The molecule has 0 spiro atoms. The molecule has 0 aliphatic rings. The molecular weight excluding hydrogens is 236 g/mol. The van der Waals surface area contributed by atoms with E-state index in [-0.39, 0.29) is 11.3 Å². The van der Waals surface area contributed by atoms with Gasteiger partial charge in [-0.3, -0.25) is 4.57 Å². The molecule has 2 aromatic rings. The maximum atomic E-state index is 11.8. The highest BCUT2D eigenvalue weighted by molar-refractivity contribution is 6.01. The first-order valence-electron chi connectivity index (χ1n) is 5.59. The topological polar surface area (TPSA) is 84.3 Å². The lowest BCUT2D eigenvalue weighted by molar-refractivity contribution is 0.0698. The summed E-state index contributed by atoms with van der Waals surface area (Å²) in [5.41, 5.74) is 0.807. The van der Waals surface area contributed by atoms with Crippen LogP contribution >= 0.6 is 0 Å². The number of methoxy groups -OCH3 is 1. The van der Waals surface area contributed by atoms with E-state index >= 15 is 0 Å². The zero-order chi connectivity index (χ0) is 13.1. The normalized spacial score (nSPS) is 10.9. The summed E-state index contributed by atoms with van der Waals surface area (Å²) in [6, 6.07) is 4.79. The monoisotopic (exact) mass is 250 g/mol. The van der Waals surface area contributed by atoms with Crippen LogP contribution < -0.4 is 5.69 Å². The molecule has 1 aromatic heterocycles. The lowest BCUT2D eigenvalue weighted by Gasteiger charge is -2.05. The minimum absolute atomic E-state index is 0.128. The van der Waals surface area contributed by atoms with Gasteiger partial charge in [0.25, 0.3) is 0 Å². The van der Waals surface area contributed by atoms with E-state index < -0.39 is 5.97 Å². The number of nitrogens with one attached hydrogen (secondary N) is 1. The average molecular weight is 250 g/mol. The number of aromatic nitrogens is 2. The summed E-state index contributed by atoms with van der Waals surface area (Å²) in [5.74, 6) is -1.04. The van der Waals surface area contributed by atoms with Crippen LogP contribution in [0.25, 0.3) is 11.0 Å². The minimum Gasteiger partial charge on any atom is -0.478 e. The second-order valence-corrected chi connectivity index (χ2v) is 3.94. The highest BCUT2D eigenvalue weighted by Gasteiger charge is 2.14. The summed E-state index contributed by atoms with van der Waals surface area (Å²) >= 11 is 0. The van der Waals surface area contributed by atoms with Crippen molar-refractivity contribution in [2.24, 2.45) is 0 Å². The number of imidazole rings is 1. The van der Waals surface area contributed by atoms with Crippen LogP contribution in [-0.2, 0) is 11.3 Å². The number of ether oxygens (including phenoxy) is 1. The molecule has 96 valence electrons. The number of H-pyrrole nitrogens is 1. The predicted octanol–water partition coefficient (Wildman–Crippen LogP) is 1.06. The Labute approximate surface area is 103 Å². The second-order valence-electron chi connectivity index (χ2n) is 3.94. The van der Waals surface area contributed by atoms with Gasteiger partial charge in [-0.15, -0.1) is 0 Å². The molecule has 0 unspecified atom stereocenters. The van der Waals surface area contributed by atoms with Crippen LogP contribution in [0.3, 0.4) is 0 Å². The van der Waals surface area contributed by atoms with E-state index in [4.69, 9.17) is 9.84 Å². The summed E-state index contributed by atoms with van der Waals surface area (Å²) in [6.07, 6.45) is 0.650. The first-order valence-corrected chi connectivity index (χ1v) is 5.59. The van der Waals surface area contributed by atoms with Gasteiger partial charge in [-0.2, -0.15) is 0 Å². The molecule has 1 aromatic carbocycles. The van der Waals surface area contributed by atoms with Crippen molar-refractivity contribution < 1.29 is 14.6 Å². The van der Waals surface area contributed by atoms with Gasteiger partial charge >= 0.3 is 11.7 Å². The van der Waals surface area contributed by atoms with Crippen molar-refractivity contribution in [3.63, 3.8) is 0 Å². The molecule has 0 radical (unpaired) electrons. The molecule has 0 aliphatic heterocycles. The maximum Gasteiger partial charge on any atom is 0.337 e. The third-order valence-electron chi connectivity index (χ3n) is 2.75. The number of aromatic carboxylic acids is 1. The highest BCUT2D eigenvalue weighted by Crippen LogP contribution is 2.16. The molecule has 0 atom stereocenters. The van der Waals surface area contributed by atoms with Crippen LogP contribution in [0.5, 0.6) is 0 Å². The molecule has 1 heterocycles. The Morgan fingerprint density at radius 2 is 2.28 bits per heavy atom. The van der Waals surface area contributed by atoms with E-state index in [0.29, 0.717) is 30.6 Å². The maximum absolute atomic E-state index is 11.8. The number of nitrogens with zero attached hydrogens (tertiary/aromatic N) is 1. The van der Waals surface area contributed by atoms with Gasteiger partial charge in [0.15, 0.2) is 0 Å². The van der Waals surface area contributed by atoms with Crippen molar-refractivity contribution in [3.8, 4) is 0 Å². The fraction of sp³-hybridized carbons (Fsp3) is 0.333. The standard InChI is InChI=1S/C12H14N2O4/c1-18-7-3-6-14-10-8(11(15)16)4-2-5-9(10)13-12(14)17/h2,4-5H,3,6-7H2,1H3,(H,13,17)(H,15,16). The van der Waals surface area contributed by atoms with Crippen molar-refractivity contribution in [2.75, 3.05) is 13.7 Å². The third-order valence-corrected chi connectivity index (χ3v) is 2.75. The van der Waals surface area contributed by atoms with Crippen molar-refractivity contribution in [1.82, 2.24) is 9.55 Å². The summed E-state index contributed by atoms with van der Waals surface area (Å²) in [6.45, 7) is 0.950. The molecule has 0 fully saturated rings. The van der Waals surface area contributed by atoms with Crippen molar-refractivity contribution in [3.05, 3.63) is 34.2 Å². The zero-order valence-corrected chi connectivity index (χ0v) is 9.97. The Morgan fingerprint density at radius 3 is 2.94 bits per heavy atom. The van der Waals surface area contributed by atoms with Crippen molar-refractivity contribution in [1.29, 1.82) is 0 Å². The lowest BCUT2D eigenvalue weighted by Crippen LogP contribution is -2.18. The quantitative estimate of drug-likeness (QED) is 0.777. The minimum atomic E-state index is -1.04. The lowest BCUT2D eigenvalue weighted by atomic mass is 10.2. The van der Waals surface area contributed by atoms with Gasteiger partial charge in [-0.25, -0.2) is 9.59 Å². The fourth-order valence-electron chi connectivity index (χ4n) is 1.97. The van der Waals surface area contributed by atoms with Crippen molar-refractivity contribution >= 4 is 17.0 Å². The average Bonchev–Trinajstić information content (AvgIpc) is 2.65. The Hall–Kier alpha value is -2.08. The number of rotatable bonds is 5. The second kappa shape index (κ2) is 5.05. The molecule has 18 heavy (non-hydrogen) atoms. The van der Waals surface area contributed by atoms with Crippen LogP contribution in [0.4, 0.5) is 0 Å². The molecule has 0 saturated heterocycles. The summed E-state index contributed by atoms with van der Waals surface area (Å²) < 4.78 is 6.37. The van der Waals surface area contributed by atoms with Gasteiger partial charge in [0.2, 0.25) is 0 Å². The molecule has 0 aliphatic carbocycles.